The first-order valence-electron chi connectivity index (χ1n) is 9.70. The molecule has 0 saturated carbocycles. The topological polar surface area (TPSA) is 70.7 Å². The van der Waals surface area contributed by atoms with Gasteiger partial charge in [-0.05, 0) is 63.0 Å². The lowest BCUT2D eigenvalue weighted by Gasteiger charge is -2.49. The molecule has 0 aliphatic carbocycles. The first kappa shape index (κ1) is 19.0. The molecule has 2 atom stereocenters. The zero-order valence-corrected chi connectivity index (χ0v) is 16.9. The maximum Gasteiger partial charge on any atom is 0.261 e. The van der Waals surface area contributed by atoms with Crippen molar-refractivity contribution in [3.63, 3.8) is 0 Å². The average Bonchev–Trinajstić information content (AvgIpc) is 3.15. The van der Waals surface area contributed by atoms with Crippen molar-refractivity contribution >= 4 is 28.8 Å². The molecular formula is C21H25N3O3S. The molecule has 5 rings (SSSR count). The number of piperidine rings is 3. The Morgan fingerprint density at radius 1 is 1.14 bits per heavy atom. The van der Waals surface area contributed by atoms with E-state index in [9.17, 15) is 9.59 Å². The van der Waals surface area contributed by atoms with Gasteiger partial charge in [0, 0.05) is 19.0 Å². The van der Waals surface area contributed by atoms with E-state index in [1.54, 1.807) is 24.3 Å². The van der Waals surface area contributed by atoms with E-state index in [1.807, 2.05) is 12.1 Å². The van der Waals surface area contributed by atoms with Crippen LogP contribution in [0.2, 0.25) is 0 Å². The molecule has 2 amide bonds. The van der Waals surface area contributed by atoms with Crippen molar-refractivity contribution in [2.75, 3.05) is 18.4 Å². The molecule has 3 aliphatic rings. The van der Waals surface area contributed by atoms with Crippen molar-refractivity contribution in [1.29, 1.82) is 0 Å². The van der Waals surface area contributed by atoms with Gasteiger partial charge in [0.2, 0.25) is 5.91 Å². The number of nitrogens with one attached hydrogen (secondary N) is 2. The number of hydrogen-bond acceptors (Lipinski definition) is 5. The Kier molecular flexibility index (Phi) is 5.37. The second kappa shape index (κ2) is 7.93. The van der Waals surface area contributed by atoms with Crippen LogP contribution in [0.5, 0.6) is 10.8 Å². The fraction of sp³-hybridized carbons (Fsp3) is 0.429. The third-order valence-electron chi connectivity index (χ3n) is 5.69. The third-order valence-corrected chi connectivity index (χ3v) is 6.65. The highest BCUT2D eigenvalue weighted by atomic mass is 32.1. The largest absolute Gasteiger partial charge is 0.444 e. The number of ether oxygens (including phenoxy) is 1. The summed E-state index contributed by atoms with van der Waals surface area (Å²) in [7, 11) is 0. The number of nitrogens with zero attached hydrogens (tertiary/aromatic N) is 1. The molecule has 6 nitrogen and oxygen atoms in total. The van der Waals surface area contributed by atoms with Crippen LogP contribution in [0.1, 0.15) is 36.4 Å². The van der Waals surface area contributed by atoms with Crippen LogP contribution in [-0.4, -0.2) is 41.9 Å². The molecule has 28 heavy (non-hydrogen) atoms. The molecule has 1 aromatic carbocycles. The molecule has 0 spiro atoms. The average molecular weight is 400 g/mol. The summed E-state index contributed by atoms with van der Waals surface area (Å²) in [4.78, 5) is 27.2. The van der Waals surface area contributed by atoms with Gasteiger partial charge in [-0.3, -0.25) is 14.5 Å². The molecule has 0 unspecified atom stereocenters. The van der Waals surface area contributed by atoms with E-state index >= 15 is 0 Å². The number of carbonyl (C=O) groups is 2. The summed E-state index contributed by atoms with van der Waals surface area (Å²) in [6, 6.07) is 11.4. The van der Waals surface area contributed by atoms with E-state index in [0.29, 0.717) is 33.3 Å². The van der Waals surface area contributed by atoms with E-state index in [4.69, 9.17) is 4.74 Å². The molecule has 148 valence electrons. The predicted molar refractivity (Wildman–Crippen MR) is 110 cm³/mol. The highest BCUT2D eigenvalue weighted by molar-refractivity contribution is 7.15. The van der Waals surface area contributed by atoms with Crippen LogP contribution in [-0.2, 0) is 4.79 Å². The maximum atomic E-state index is 12.8. The van der Waals surface area contributed by atoms with Crippen LogP contribution in [0.3, 0.4) is 0 Å². The van der Waals surface area contributed by atoms with Gasteiger partial charge in [-0.1, -0.05) is 23.5 Å². The van der Waals surface area contributed by atoms with Gasteiger partial charge in [0.25, 0.3) is 5.91 Å². The summed E-state index contributed by atoms with van der Waals surface area (Å²) in [6.07, 6.45) is 2.32. The van der Waals surface area contributed by atoms with Gasteiger partial charge < -0.3 is 15.4 Å². The molecule has 3 saturated heterocycles. The summed E-state index contributed by atoms with van der Waals surface area (Å²) in [5, 5.41) is 6.62. The second-order valence-electron chi connectivity index (χ2n) is 7.51. The van der Waals surface area contributed by atoms with Crippen molar-refractivity contribution in [2.24, 2.45) is 5.92 Å². The summed E-state index contributed by atoms with van der Waals surface area (Å²) in [6.45, 7) is 5.95. The molecule has 7 heteroatoms. The lowest BCUT2D eigenvalue weighted by molar-refractivity contribution is -0.114. The van der Waals surface area contributed by atoms with Crippen LogP contribution in [0.4, 0.5) is 5.69 Å². The number of fused-ring (bicyclic) bond motifs is 3. The summed E-state index contributed by atoms with van der Waals surface area (Å²) >= 11 is 1.31. The Morgan fingerprint density at radius 2 is 1.89 bits per heavy atom. The van der Waals surface area contributed by atoms with Crippen LogP contribution < -0.4 is 15.4 Å². The smallest absolute Gasteiger partial charge is 0.261 e. The van der Waals surface area contributed by atoms with Gasteiger partial charge in [0.1, 0.15) is 0 Å². The van der Waals surface area contributed by atoms with Crippen molar-refractivity contribution in [3.05, 3.63) is 41.3 Å². The van der Waals surface area contributed by atoms with Gasteiger partial charge >= 0.3 is 0 Å². The van der Waals surface area contributed by atoms with E-state index in [-0.39, 0.29) is 17.9 Å². The van der Waals surface area contributed by atoms with Crippen LogP contribution in [0.15, 0.2) is 36.4 Å². The minimum atomic E-state index is -0.158. The third kappa shape index (κ3) is 3.91. The molecule has 2 N–H and O–H groups in total. The van der Waals surface area contributed by atoms with Gasteiger partial charge in [-0.2, -0.15) is 0 Å². The quantitative estimate of drug-likeness (QED) is 0.804. The maximum absolute atomic E-state index is 12.8. The molecule has 3 aliphatic heterocycles. The van der Waals surface area contributed by atoms with Crippen molar-refractivity contribution in [3.8, 4) is 10.8 Å². The standard InChI is InChI=1S/C21H25N3O3S/c1-13-20(15-9-11-24(13)12-10-15)23-21(26)18-7-8-19(28-18)27-17-6-4-3-5-16(17)22-14(2)25/h3-8,13,15,20H,9-12H2,1-2H3,(H,22,25)(H,23,26)/t13-,20-/m0/s1. The van der Waals surface area contributed by atoms with Crippen LogP contribution >= 0.6 is 11.3 Å². The first-order valence-corrected chi connectivity index (χ1v) is 10.5. The fourth-order valence-electron chi connectivity index (χ4n) is 4.22. The Morgan fingerprint density at radius 3 is 2.61 bits per heavy atom. The lowest BCUT2D eigenvalue weighted by Crippen LogP contribution is -2.62. The highest BCUT2D eigenvalue weighted by Crippen LogP contribution is 2.35. The molecule has 1 aromatic heterocycles. The Labute approximate surface area is 168 Å². The monoisotopic (exact) mass is 399 g/mol. The Bertz CT molecular complexity index is 871. The number of amides is 2. The molecular weight excluding hydrogens is 374 g/mol. The molecule has 2 bridgehead atoms. The summed E-state index contributed by atoms with van der Waals surface area (Å²) in [5.41, 5.74) is 0.607. The van der Waals surface area contributed by atoms with E-state index in [2.05, 4.69) is 22.5 Å². The highest BCUT2D eigenvalue weighted by Gasteiger charge is 2.40. The SMILES string of the molecule is CC(=O)Nc1ccccc1Oc1ccc(C(=O)N[C@@H]2C3CCN(CC3)[C@H]2C)s1. The van der Waals surface area contributed by atoms with Gasteiger partial charge in [-0.15, -0.1) is 0 Å². The van der Waals surface area contributed by atoms with E-state index in [1.165, 1.54) is 18.3 Å². The first-order chi connectivity index (χ1) is 13.5. The number of rotatable bonds is 5. The molecule has 2 aromatic rings. The molecule has 4 heterocycles. The zero-order valence-electron chi connectivity index (χ0n) is 16.1. The van der Waals surface area contributed by atoms with Gasteiger partial charge in [0.15, 0.2) is 10.8 Å². The molecule has 3 fully saturated rings. The van der Waals surface area contributed by atoms with Gasteiger partial charge in [0.05, 0.1) is 10.6 Å². The second-order valence-corrected chi connectivity index (χ2v) is 8.56. The minimum absolute atomic E-state index is 0.0411. The number of hydrogen-bond donors (Lipinski definition) is 2. The zero-order chi connectivity index (χ0) is 19.7. The number of benzene rings is 1. The van der Waals surface area contributed by atoms with Crippen LogP contribution in [0.25, 0.3) is 0 Å². The summed E-state index contributed by atoms with van der Waals surface area (Å²) in [5.74, 6) is 0.927. The number of carbonyl (C=O) groups excluding carboxylic acids is 2. The Hall–Kier alpha value is -2.38. The lowest BCUT2D eigenvalue weighted by atomic mass is 9.79. The predicted octanol–water partition coefficient (Wildman–Crippen LogP) is 3.71. The minimum Gasteiger partial charge on any atom is -0.444 e. The summed E-state index contributed by atoms with van der Waals surface area (Å²) < 4.78 is 5.92. The van der Waals surface area contributed by atoms with Crippen LogP contribution in [0, 0.1) is 5.92 Å². The van der Waals surface area contributed by atoms with E-state index < -0.39 is 0 Å². The van der Waals surface area contributed by atoms with Crippen molar-refractivity contribution < 1.29 is 14.3 Å². The van der Waals surface area contributed by atoms with Crippen molar-refractivity contribution in [2.45, 2.75) is 38.8 Å². The molecule has 0 radical (unpaired) electrons. The fourth-order valence-corrected chi connectivity index (χ4v) is 4.99. The number of para-hydroxylation sites is 2. The Balaban J connectivity index is 1.43. The number of thiophene rings is 1. The van der Waals surface area contributed by atoms with E-state index in [0.717, 1.165) is 25.9 Å². The normalized spacial score (nSPS) is 25.9. The number of anilines is 1. The van der Waals surface area contributed by atoms with Crippen molar-refractivity contribution in [1.82, 2.24) is 10.2 Å². The van der Waals surface area contributed by atoms with Gasteiger partial charge in [-0.25, -0.2) is 0 Å².